The van der Waals surface area contributed by atoms with Gasteiger partial charge in [-0.1, -0.05) is 13.3 Å². The molecule has 0 aromatic carbocycles. The molecule has 0 aromatic rings. The molecule has 0 aromatic heterocycles. The highest BCUT2D eigenvalue weighted by Crippen LogP contribution is 2.62. The van der Waals surface area contributed by atoms with Gasteiger partial charge in [0.1, 0.15) is 0 Å². The van der Waals surface area contributed by atoms with Gasteiger partial charge in [-0.05, 0) is 62.8 Å². The summed E-state index contributed by atoms with van der Waals surface area (Å²) < 4.78 is 0. The highest BCUT2D eigenvalue weighted by atomic mass is 15.0. The normalized spacial score (nSPS) is 55.3. The molecule has 2 unspecified atom stereocenters. The zero-order valence-electron chi connectivity index (χ0n) is 9.60. The van der Waals surface area contributed by atoms with E-state index < -0.39 is 0 Å². The van der Waals surface area contributed by atoms with Crippen LogP contribution in [0.3, 0.4) is 0 Å². The molecule has 1 nitrogen and oxygen atoms in total. The van der Waals surface area contributed by atoms with Gasteiger partial charge in [-0.15, -0.1) is 0 Å². The van der Waals surface area contributed by atoms with Crippen molar-refractivity contribution in [3.8, 4) is 0 Å². The maximum absolute atomic E-state index is 3.67. The Balaban J connectivity index is 1.94. The summed E-state index contributed by atoms with van der Waals surface area (Å²) in [5.41, 5.74) is 1.30. The van der Waals surface area contributed by atoms with Crippen LogP contribution in [0.5, 0.6) is 0 Å². The standard InChI is InChI=1S/C13H23N/c1-3-12-5-10-4-11(6-12)8-13(7-10,9-12)14-2/h10-11,14H,3-9H2,1-2H3. The number of rotatable bonds is 2. The van der Waals surface area contributed by atoms with Crippen LogP contribution in [0.4, 0.5) is 0 Å². The van der Waals surface area contributed by atoms with Crippen molar-refractivity contribution in [2.45, 2.75) is 57.4 Å². The average Bonchev–Trinajstić information content (AvgIpc) is 2.16. The highest BCUT2D eigenvalue weighted by Gasteiger charge is 2.56. The van der Waals surface area contributed by atoms with Gasteiger partial charge in [-0.25, -0.2) is 0 Å². The monoisotopic (exact) mass is 193 g/mol. The third-order valence-electron chi connectivity index (χ3n) is 5.46. The molecule has 1 heteroatoms. The van der Waals surface area contributed by atoms with Gasteiger partial charge in [0.25, 0.3) is 0 Å². The molecule has 0 aliphatic heterocycles. The van der Waals surface area contributed by atoms with Crippen LogP contribution in [-0.2, 0) is 0 Å². The van der Waals surface area contributed by atoms with Crippen molar-refractivity contribution in [1.29, 1.82) is 0 Å². The Bertz CT molecular complexity index is 210. The fourth-order valence-corrected chi connectivity index (χ4v) is 5.16. The van der Waals surface area contributed by atoms with E-state index >= 15 is 0 Å². The average molecular weight is 193 g/mol. The van der Waals surface area contributed by atoms with Crippen molar-refractivity contribution in [3.63, 3.8) is 0 Å². The summed E-state index contributed by atoms with van der Waals surface area (Å²) in [5, 5.41) is 3.67. The highest BCUT2D eigenvalue weighted by molar-refractivity contribution is 5.10. The molecule has 0 saturated heterocycles. The Morgan fingerprint density at radius 3 is 2.29 bits per heavy atom. The summed E-state index contributed by atoms with van der Waals surface area (Å²) in [6.07, 6.45) is 10.5. The molecular formula is C13H23N. The Morgan fingerprint density at radius 1 is 1.14 bits per heavy atom. The molecule has 4 rings (SSSR count). The molecule has 0 heterocycles. The summed E-state index contributed by atoms with van der Waals surface area (Å²) in [4.78, 5) is 0. The second-order valence-electron chi connectivity index (χ2n) is 6.34. The topological polar surface area (TPSA) is 12.0 Å². The zero-order chi connectivity index (χ0) is 9.81. The lowest BCUT2D eigenvalue weighted by molar-refractivity contribution is -0.0807. The van der Waals surface area contributed by atoms with Gasteiger partial charge in [0.05, 0.1) is 0 Å². The van der Waals surface area contributed by atoms with E-state index in [0.717, 1.165) is 17.3 Å². The summed E-state index contributed by atoms with van der Waals surface area (Å²) in [5.74, 6) is 2.12. The molecule has 1 N–H and O–H groups in total. The van der Waals surface area contributed by atoms with Crippen LogP contribution in [0.15, 0.2) is 0 Å². The molecule has 80 valence electrons. The van der Waals surface area contributed by atoms with Gasteiger partial charge in [0.15, 0.2) is 0 Å². The first kappa shape index (κ1) is 9.21. The number of hydrogen-bond acceptors (Lipinski definition) is 1. The molecule has 4 saturated carbocycles. The van der Waals surface area contributed by atoms with Gasteiger partial charge in [0.2, 0.25) is 0 Å². The minimum atomic E-state index is 0.556. The van der Waals surface area contributed by atoms with Crippen molar-refractivity contribution >= 4 is 0 Å². The predicted molar refractivity (Wildman–Crippen MR) is 59.2 cm³/mol. The van der Waals surface area contributed by atoms with Gasteiger partial charge in [-0.3, -0.25) is 0 Å². The lowest BCUT2D eigenvalue weighted by Gasteiger charge is -2.62. The van der Waals surface area contributed by atoms with Crippen molar-refractivity contribution in [3.05, 3.63) is 0 Å². The van der Waals surface area contributed by atoms with Gasteiger partial charge in [0, 0.05) is 5.54 Å². The first-order chi connectivity index (χ1) is 6.69. The minimum Gasteiger partial charge on any atom is -0.314 e. The van der Waals surface area contributed by atoms with E-state index in [1.807, 2.05) is 0 Å². The molecule has 2 atom stereocenters. The van der Waals surface area contributed by atoms with E-state index in [-0.39, 0.29) is 0 Å². The number of nitrogens with one attached hydrogen (secondary N) is 1. The molecule has 4 aliphatic carbocycles. The van der Waals surface area contributed by atoms with E-state index in [1.54, 1.807) is 19.3 Å². The molecule has 0 amide bonds. The molecule has 14 heavy (non-hydrogen) atoms. The molecule has 0 spiro atoms. The number of hydrogen-bond donors (Lipinski definition) is 1. The minimum absolute atomic E-state index is 0.556. The van der Waals surface area contributed by atoms with E-state index in [4.69, 9.17) is 0 Å². The second-order valence-corrected chi connectivity index (χ2v) is 6.34. The van der Waals surface area contributed by atoms with Crippen LogP contribution in [-0.4, -0.2) is 12.6 Å². The van der Waals surface area contributed by atoms with Crippen molar-refractivity contribution < 1.29 is 0 Å². The fraction of sp³-hybridized carbons (Fsp3) is 1.00. The predicted octanol–water partition coefficient (Wildman–Crippen LogP) is 2.95. The first-order valence-electron chi connectivity index (χ1n) is 6.38. The van der Waals surface area contributed by atoms with E-state index in [9.17, 15) is 0 Å². The van der Waals surface area contributed by atoms with Gasteiger partial charge < -0.3 is 5.32 Å². The molecule has 4 fully saturated rings. The van der Waals surface area contributed by atoms with Crippen LogP contribution >= 0.6 is 0 Å². The maximum atomic E-state index is 3.67. The second kappa shape index (κ2) is 2.75. The SMILES string of the molecule is CCC12CC3CC(C1)CC(NC)(C3)C2. The Morgan fingerprint density at radius 2 is 1.79 bits per heavy atom. The van der Waals surface area contributed by atoms with Crippen molar-refractivity contribution in [1.82, 2.24) is 5.32 Å². The fourth-order valence-electron chi connectivity index (χ4n) is 5.16. The van der Waals surface area contributed by atoms with E-state index in [1.165, 1.54) is 25.7 Å². The maximum Gasteiger partial charge on any atom is 0.0189 e. The lowest BCUT2D eigenvalue weighted by atomic mass is 9.46. The Labute approximate surface area is 87.7 Å². The van der Waals surface area contributed by atoms with Crippen LogP contribution < -0.4 is 5.32 Å². The van der Waals surface area contributed by atoms with Gasteiger partial charge >= 0.3 is 0 Å². The van der Waals surface area contributed by atoms with Crippen molar-refractivity contribution in [2.75, 3.05) is 7.05 Å². The quantitative estimate of drug-likeness (QED) is 0.711. The molecule has 4 bridgehead atoms. The summed E-state index contributed by atoms with van der Waals surface area (Å²) in [6, 6.07) is 0. The summed E-state index contributed by atoms with van der Waals surface area (Å²) in [7, 11) is 2.19. The van der Waals surface area contributed by atoms with Crippen LogP contribution in [0.1, 0.15) is 51.9 Å². The van der Waals surface area contributed by atoms with E-state index in [2.05, 4.69) is 19.3 Å². The summed E-state index contributed by atoms with van der Waals surface area (Å²) >= 11 is 0. The largest absolute Gasteiger partial charge is 0.314 e. The summed E-state index contributed by atoms with van der Waals surface area (Å²) in [6.45, 7) is 2.41. The molecule has 0 radical (unpaired) electrons. The smallest absolute Gasteiger partial charge is 0.0189 e. The van der Waals surface area contributed by atoms with Crippen LogP contribution in [0.2, 0.25) is 0 Å². The van der Waals surface area contributed by atoms with E-state index in [0.29, 0.717) is 5.54 Å². The van der Waals surface area contributed by atoms with Gasteiger partial charge in [-0.2, -0.15) is 0 Å². The third kappa shape index (κ3) is 1.11. The zero-order valence-corrected chi connectivity index (χ0v) is 9.60. The van der Waals surface area contributed by atoms with Crippen molar-refractivity contribution in [2.24, 2.45) is 17.3 Å². The van der Waals surface area contributed by atoms with Crippen LogP contribution in [0.25, 0.3) is 0 Å². The molecular weight excluding hydrogens is 170 g/mol. The molecule has 4 aliphatic rings. The van der Waals surface area contributed by atoms with Crippen LogP contribution in [0, 0.1) is 17.3 Å². The lowest BCUT2D eigenvalue weighted by Crippen LogP contribution is -2.60. The Hall–Kier alpha value is -0.0400. The third-order valence-corrected chi connectivity index (χ3v) is 5.46. The first-order valence-corrected chi connectivity index (χ1v) is 6.38. The Kier molecular flexibility index (Phi) is 1.81.